The molecule has 0 aliphatic carbocycles. The van der Waals surface area contributed by atoms with Gasteiger partial charge in [-0.25, -0.2) is 0 Å². The molecule has 0 aliphatic rings. The number of aromatic nitrogens is 3. The molecule has 0 radical (unpaired) electrons. The Kier molecular flexibility index (Phi) is 3.06. The molecule has 0 bridgehead atoms. The number of fused-ring (bicyclic) bond motifs is 2. The van der Waals surface area contributed by atoms with Crippen molar-refractivity contribution in [2.75, 3.05) is 13.3 Å². The average molecular weight is 325 g/mol. The normalized spacial score (nSPS) is 12.1. The van der Waals surface area contributed by atoms with Gasteiger partial charge in [0, 0.05) is 29.6 Å². The van der Waals surface area contributed by atoms with Crippen molar-refractivity contribution in [1.29, 1.82) is 0 Å². The molecule has 116 valence electrons. The Hall–Kier alpha value is -2.52. The molecular formula is C17H16N3O2P. The number of nitrogens with one attached hydrogen (secondary N) is 2. The van der Waals surface area contributed by atoms with E-state index in [1.165, 1.54) is 0 Å². The zero-order chi connectivity index (χ0) is 16.0. The Balaban J connectivity index is 1.86. The van der Waals surface area contributed by atoms with Crippen molar-refractivity contribution in [1.82, 2.24) is 15.2 Å². The number of H-pyrrole nitrogens is 2. The molecule has 0 aliphatic heterocycles. The van der Waals surface area contributed by atoms with Crippen molar-refractivity contribution in [2.45, 2.75) is 0 Å². The molecule has 4 aromatic rings. The molecule has 2 aromatic heterocycles. The summed E-state index contributed by atoms with van der Waals surface area (Å²) in [5.41, 5.74) is 3.74. The highest BCUT2D eigenvalue weighted by molar-refractivity contribution is 7.57. The average Bonchev–Trinajstić information content (AvgIpc) is 3.08. The predicted octanol–water partition coefficient (Wildman–Crippen LogP) is 4.63. The predicted molar refractivity (Wildman–Crippen MR) is 93.5 cm³/mol. The third-order valence-corrected chi connectivity index (χ3v) is 4.30. The van der Waals surface area contributed by atoms with Crippen LogP contribution in [-0.4, -0.2) is 28.5 Å². The van der Waals surface area contributed by atoms with Crippen LogP contribution in [-0.2, 0) is 4.57 Å². The van der Waals surface area contributed by atoms with Gasteiger partial charge in [-0.05, 0) is 30.3 Å². The summed E-state index contributed by atoms with van der Waals surface area (Å²) in [6, 6.07) is 15.7. The summed E-state index contributed by atoms with van der Waals surface area (Å²) >= 11 is 0. The van der Waals surface area contributed by atoms with E-state index in [2.05, 4.69) is 27.3 Å². The summed E-state index contributed by atoms with van der Waals surface area (Å²) in [5.74, 6) is 0.588. The lowest BCUT2D eigenvalue weighted by Crippen LogP contribution is -1.88. The highest BCUT2D eigenvalue weighted by Gasteiger charge is 2.14. The van der Waals surface area contributed by atoms with Crippen molar-refractivity contribution in [3.05, 3.63) is 48.5 Å². The van der Waals surface area contributed by atoms with Gasteiger partial charge in [0.15, 0.2) is 0 Å². The fraction of sp³-hybridized carbons (Fsp3) is 0.118. The monoisotopic (exact) mass is 325 g/mol. The van der Waals surface area contributed by atoms with Gasteiger partial charge in [-0.3, -0.25) is 9.66 Å². The zero-order valence-electron chi connectivity index (χ0n) is 12.8. The third-order valence-electron chi connectivity index (χ3n) is 3.64. The topological polar surface area (TPSA) is 70.8 Å². The third kappa shape index (κ3) is 2.64. The molecular weight excluding hydrogens is 309 g/mol. The van der Waals surface area contributed by atoms with Crippen molar-refractivity contribution < 1.29 is 9.09 Å². The van der Waals surface area contributed by atoms with Gasteiger partial charge < -0.3 is 9.51 Å². The molecule has 6 heteroatoms. The molecule has 4 rings (SSSR count). The summed E-state index contributed by atoms with van der Waals surface area (Å²) in [7, 11) is -2.60. The smallest absolute Gasteiger partial charge is 0.242 e. The largest absolute Gasteiger partial charge is 0.443 e. The van der Waals surface area contributed by atoms with Gasteiger partial charge in [0.05, 0.1) is 11.2 Å². The molecule has 0 amide bonds. The lowest BCUT2D eigenvalue weighted by Gasteiger charge is -2.09. The van der Waals surface area contributed by atoms with Crippen LogP contribution in [0.3, 0.4) is 0 Å². The second-order valence-electron chi connectivity index (χ2n) is 5.89. The molecule has 23 heavy (non-hydrogen) atoms. The Morgan fingerprint density at radius 2 is 1.87 bits per heavy atom. The molecule has 2 N–H and O–H groups in total. The first-order valence-electron chi connectivity index (χ1n) is 7.30. The maximum atomic E-state index is 11.9. The Labute approximate surface area is 133 Å². The van der Waals surface area contributed by atoms with Gasteiger partial charge in [0.1, 0.15) is 11.4 Å². The van der Waals surface area contributed by atoms with Crippen LogP contribution in [0.5, 0.6) is 5.75 Å². The molecule has 0 spiro atoms. The van der Waals surface area contributed by atoms with Crippen LogP contribution >= 0.6 is 7.37 Å². The number of rotatable bonds is 3. The summed E-state index contributed by atoms with van der Waals surface area (Å²) in [4.78, 5) is 3.38. The van der Waals surface area contributed by atoms with Crippen LogP contribution in [0, 0.1) is 0 Å². The maximum absolute atomic E-state index is 11.9. The minimum atomic E-state index is -2.60. The summed E-state index contributed by atoms with van der Waals surface area (Å²) in [6.07, 6.45) is 0. The fourth-order valence-electron chi connectivity index (χ4n) is 2.71. The highest BCUT2D eigenvalue weighted by atomic mass is 31.2. The van der Waals surface area contributed by atoms with Crippen molar-refractivity contribution in [2.24, 2.45) is 0 Å². The summed E-state index contributed by atoms with van der Waals surface area (Å²) in [5, 5.41) is 9.51. The minimum Gasteiger partial charge on any atom is -0.443 e. The number of hydrogen-bond acceptors (Lipinski definition) is 3. The first kappa shape index (κ1) is 14.1. The van der Waals surface area contributed by atoms with Gasteiger partial charge in [0.2, 0.25) is 7.37 Å². The van der Waals surface area contributed by atoms with Crippen LogP contribution in [0.4, 0.5) is 0 Å². The number of nitrogens with zero attached hydrogens (tertiary/aromatic N) is 1. The van der Waals surface area contributed by atoms with Crippen LogP contribution in [0.15, 0.2) is 48.5 Å². The van der Waals surface area contributed by atoms with Crippen LogP contribution in [0.1, 0.15) is 0 Å². The molecule has 0 fully saturated rings. The second-order valence-corrected chi connectivity index (χ2v) is 8.58. The quantitative estimate of drug-likeness (QED) is 0.540. The molecule has 0 saturated heterocycles. The van der Waals surface area contributed by atoms with Crippen molar-refractivity contribution in [3.8, 4) is 17.1 Å². The standard InChI is InChI=1S/C17H16N3O2P/c1-23(2,21)22-12-7-8-15-13(10-12)17(20-19-15)16-9-11-5-3-4-6-14(11)18-16/h3-10,18H,1-2H3,(H,19,20). The van der Waals surface area contributed by atoms with Gasteiger partial charge in [-0.1, -0.05) is 18.2 Å². The summed E-state index contributed by atoms with van der Waals surface area (Å²) < 4.78 is 17.4. The van der Waals surface area contributed by atoms with E-state index in [-0.39, 0.29) is 0 Å². The van der Waals surface area contributed by atoms with Gasteiger partial charge in [0.25, 0.3) is 0 Å². The number of aromatic amines is 2. The van der Waals surface area contributed by atoms with E-state index >= 15 is 0 Å². The Bertz CT molecular complexity index is 1030. The van der Waals surface area contributed by atoms with E-state index in [0.29, 0.717) is 5.75 Å². The van der Waals surface area contributed by atoms with Gasteiger partial charge in [-0.2, -0.15) is 5.10 Å². The lowest BCUT2D eigenvalue weighted by atomic mass is 10.1. The SMILES string of the molecule is CP(C)(=O)Oc1ccc2[nH]nc(-c3cc4ccccc4[nH]3)c2c1. The molecule has 0 unspecified atom stereocenters. The summed E-state index contributed by atoms with van der Waals surface area (Å²) in [6.45, 7) is 3.20. The molecule has 0 saturated carbocycles. The van der Waals surface area contributed by atoms with Gasteiger partial charge >= 0.3 is 0 Å². The first-order valence-corrected chi connectivity index (χ1v) is 9.82. The number of benzene rings is 2. The van der Waals surface area contributed by atoms with E-state index in [0.717, 1.165) is 33.2 Å². The van der Waals surface area contributed by atoms with E-state index in [1.54, 1.807) is 19.4 Å². The lowest BCUT2D eigenvalue weighted by molar-refractivity contribution is 0.494. The van der Waals surface area contributed by atoms with E-state index in [9.17, 15) is 4.57 Å². The van der Waals surface area contributed by atoms with E-state index in [1.807, 2.05) is 30.3 Å². The van der Waals surface area contributed by atoms with Crippen LogP contribution in [0.25, 0.3) is 33.2 Å². The van der Waals surface area contributed by atoms with E-state index < -0.39 is 7.37 Å². The van der Waals surface area contributed by atoms with Crippen molar-refractivity contribution in [3.63, 3.8) is 0 Å². The van der Waals surface area contributed by atoms with Crippen LogP contribution in [0.2, 0.25) is 0 Å². The minimum absolute atomic E-state index is 0.588. The Morgan fingerprint density at radius 1 is 1.04 bits per heavy atom. The van der Waals surface area contributed by atoms with Crippen LogP contribution < -0.4 is 4.52 Å². The molecule has 2 heterocycles. The second kappa shape index (κ2) is 5.00. The zero-order valence-corrected chi connectivity index (χ0v) is 13.7. The first-order chi connectivity index (χ1) is 11.0. The molecule has 5 nitrogen and oxygen atoms in total. The molecule has 2 aromatic carbocycles. The fourth-order valence-corrected chi connectivity index (χ4v) is 3.33. The number of para-hydroxylation sites is 1. The molecule has 0 atom stereocenters. The van der Waals surface area contributed by atoms with Crippen molar-refractivity contribution >= 4 is 29.2 Å². The maximum Gasteiger partial charge on any atom is 0.242 e. The van der Waals surface area contributed by atoms with E-state index in [4.69, 9.17) is 4.52 Å². The Morgan fingerprint density at radius 3 is 2.65 bits per heavy atom. The number of hydrogen-bond donors (Lipinski definition) is 2. The highest BCUT2D eigenvalue weighted by Crippen LogP contribution is 2.40. The van der Waals surface area contributed by atoms with Gasteiger partial charge in [-0.15, -0.1) is 0 Å².